The maximum atomic E-state index is 5.81. The summed E-state index contributed by atoms with van der Waals surface area (Å²) in [5.74, 6) is 0. The normalized spacial score (nSPS) is 10.3. The molecule has 0 aromatic carbocycles. The standard InChI is InChI=1S/C10H10N4S2/c1-15-9-4-10(14-6-13-9)16-8-2-3-12-5-7(8)11/h2-6H,11H2,1H3. The second-order valence-corrected chi connectivity index (χ2v) is 4.80. The van der Waals surface area contributed by atoms with E-state index < -0.39 is 0 Å². The molecule has 0 unspecified atom stereocenters. The van der Waals surface area contributed by atoms with Crippen LogP contribution in [0.4, 0.5) is 5.69 Å². The molecule has 0 radical (unpaired) electrons. The van der Waals surface area contributed by atoms with Gasteiger partial charge in [-0.3, -0.25) is 4.98 Å². The van der Waals surface area contributed by atoms with Gasteiger partial charge in [-0.1, -0.05) is 11.8 Å². The van der Waals surface area contributed by atoms with Gasteiger partial charge < -0.3 is 5.73 Å². The van der Waals surface area contributed by atoms with Gasteiger partial charge in [0, 0.05) is 17.2 Å². The molecule has 6 heteroatoms. The van der Waals surface area contributed by atoms with E-state index in [1.807, 2.05) is 18.4 Å². The van der Waals surface area contributed by atoms with Crippen LogP contribution in [0.15, 0.2) is 45.8 Å². The minimum atomic E-state index is 0.664. The van der Waals surface area contributed by atoms with Crippen molar-refractivity contribution in [3.8, 4) is 0 Å². The molecule has 0 saturated heterocycles. The molecule has 0 aliphatic carbocycles. The smallest absolute Gasteiger partial charge is 0.118 e. The summed E-state index contributed by atoms with van der Waals surface area (Å²) in [6.07, 6.45) is 6.90. The fourth-order valence-corrected chi connectivity index (χ4v) is 2.34. The lowest BCUT2D eigenvalue weighted by atomic mass is 10.4. The maximum Gasteiger partial charge on any atom is 0.118 e. The van der Waals surface area contributed by atoms with Crippen molar-refractivity contribution in [2.75, 3.05) is 12.0 Å². The van der Waals surface area contributed by atoms with Crippen molar-refractivity contribution in [3.05, 3.63) is 30.9 Å². The summed E-state index contributed by atoms with van der Waals surface area (Å²) in [7, 11) is 0. The zero-order valence-electron chi connectivity index (χ0n) is 8.62. The molecular formula is C10H10N4S2. The van der Waals surface area contributed by atoms with Crippen molar-refractivity contribution in [2.24, 2.45) is 0 Å². The number of nitrogens with two attached hydrogens (primary N) is 1. The van der Waals surface area contributed by atoms with Crippen LogP contribution in [-0.2, 0) is 0 Å². The quantitative estimate of drug-likeness (QED) is 0.666. The Morgan fingerprint density at radius 2 is 2.06 bits per heavy atom. The van der Waals surface area contributed by atoms with Crippen LogP contribution in [0.5, 0.6) is 0 Å². The summed E-state index contributed by atoms with van der Waals surface area (Å²) in [6, 6.07) is 3.82. The summed E-state index contributed by atoms with van der Waals surface area (Å²) in [6.45, 7) is 0. The Labute approximate surface area is 102 Å². The van der Waals surface area contributed by atoms with E-state index in [2.05, 4.69) is 15.0 Å². The Bertz CT molecular complexity index is 490. The molecular weight excluding hydrogens is 240 g/mol. The van der Waals surface area contributed by atoms with Crippen LogP contribution in [0.25, 0.3) is 0 Å². The Kier molecular flexibility index (Phi) is 3.63. The minimum absolute atomic E-state index is 0.664. The second kappa shape index (κ2) is 5.18. The number of nitrogen functional groups attached to an aromatic ring is 1. The van der Waals surface area contributed by atoms with Crippen molar-refractivity contribution < 1.29 is 0 Å². The Morgan fingerprint density at radius 3 is 2.81 bits per heavy atom. The van der Waals surface area contributed by atoms with E-state index in [0.29, 0.717) is 5.69 Å². The molecule has 82 valence electrons. The van der Waals surface area contributed by atoms with E-state index in [-0.39, 0.29) is 0 Å². The predicted octanol–water partition coefficient (Wildman–Crippen LogP) is 2.33. The molecule has 0 atom stereocenters. The Morgan fingerprint density at radius 1 is 1.25 bits per heavy atom. The SMILES string of the molecule is CSc1cc(Sc2ccncc2N)ncn1. The maximum absolute atomic E-state index is 5.81. The van der Waals surface area contributed by atoms with Crippen LogP contribution >= 0.6 is 23.5 Å². The number of pyridine rings is 1. The van der Waals surface area contributed by atoms with Gasteiger partial charge in [-0.25, -0.2) is 9.97 Å². The van der Waals surface area contributed by atoms with Gasteiger partial charge in [0.1, 0.15) is 16.4 Å². The van der Waals surface area contributed by atoms with Gasteiger partial charge in [-0.2, -0.15) is 0 Å². The predicted molar refractivity (Wildman–Crippen MR) is 66.6 cm³/mol. The number of rotatable bonds is 3. The number of hydrogen-bond acceptors (Lipinski definition) is 6. The molecule has 0 saturated carbocycles. The Hall–Kier alpha value is -1.27. The van der Waals surface area contributed by atoms with E-state index in [9.17, 15) is 0 Å². The van der Waals surface area contributed by atoms with Crippen LogP contribution in [0.1, 0.15) is 0 Å². The van der Waals surface area contributed by atoms with Gasteiger partial charge in [0.15, 0.2) is 0 Å². The van der Waals surface area contributed by atoms with Crippen LogP contribution in [0.3, 0.4) is 0 Å². The molecule has 0 amide bonds. The van der Waals surface area contributed by atoms with Crippen LogP contribution in [-0.4, -0.2) is 21.2 Å². The number of thioether (sulfide) groups is 1. The number of aromatic nitrogens is 3. The molecule has 0 spiro atoms. The number of nitrogens with zero attached hydrogens (tertiary/aromatic N) is 3. The third-order valence-electron chi connectivity index (χ3n) is 1.85. The molecule has 0 aliphatic heterocycles. The molecule has 2 rings (SSSR count). The molecule has 16 heavy (non-hydrogen) atoms. The first-order chi connectivity index (χ1) is 7.79. The minimum Gasteiger partial charge on any atom is -0.397 e. The summed E-state index contributed by atoms with van der Waals surface area (Å²) in [5, 5.41) is 1.84. The summed E-state index contributed by atoms with van der Waals surface area (Å²) < 4.78 is 0. The molecule has 2 aromatic heterocycles. The fourth-order valence-electron chi connectivity index (χ4n) is 1.09. The summed E-state index contributed by atoms with van der Waals surface area (Å²) >= 11 is 3.10. The molecule has 2 N–H and O–H groups in total. The lowest BCUT2D eigenvalue weighted by molar-refractivity contribution is 0.964. The largest absolute Gasteiger partial charge is 0.397 e. The Balaban J connectivity index is 2.24. The van der Waals surface area contributed by atoms with Gasteiger partial charge in [-0.05, 0) is 12.3 Å². The van der Waals surface area contributed by atoms with Crippen molar-refractivity contribution >= 4 is 29.2 Å². The van der Waals surface area contributed by atoms with E-state index in [4.69, 9.17) is 5.73 Å². The zero-order chi connectivity index (χ0) is 11.4. The second-order valence-electron chi connectivity index (χ2n) is 2.91. The van der Waals surface area contributed by atoms with Gasteiger partial charge >= 0.3 is 0 Å². The molecule has 0 aliphatic rings. The number of anilines is 1. The molecule has 2 heterocycles. The van der Waals surface area contributed by atoms with Crippen molar-refractivity contribution in [1.82, 2.24) is 15.0 Å². The third-order valence-corrected chi connectivity index (χ3v) is 3.52. The lowest BCUT2D eigenvalue weighted by Crippen LogP contribution is -1.90. The van der Waals surface area contributed by atoms with Crippen molar-refractivity contribution in [1.29, 1.82) is 0 Å². The van der Waals surface area contributed by atoms with Crippen molar-refractivity contribution in [2.45, 2.75) is 14.9 Å². The molecule has 2 aromatic rings. The first kappa shape index (κ1) is 11.2. The van der Waals surface area contributed by atoms with Crippen LogP contribution in [0.2, 0.25) is 0 Å². The van der Waals surface area contributed by atoms with E-state index in [0.717, 1.165) is 14.9 Å². The van der Waals surface area contributed by atoms with E-state index in [1.54, 1.807) is 30.5 Å². The summed E-state index contributed by atoms with van der Waals surface area (Å²) in [4.78, 5) is 13.2. The first-order valence-corrected chi connectivity index (χ1v) is 6.57. The molecule has 4 nitrogen and oxygen atoms in total. The van der Waals surface area contributed by atoms with Gasteiger partial charge in [0.25, 0.3) is 0 Å². The van der Waals surface area contributed by atoms with E-state index in [1.165, 1.54) is 11.8 Å². The average molecular weight is 250 g/mol. The monoisotopic (exact) mass is 250 g/mol. The molecule has 0 fully saturated rings. The zero-order valence-corrected chi connectivity index (χ0v) is 10.3. The number of hydrogen-bond donors (Lipinski definition) is 1. The van der Waals surface area contributed by atoms with E-state index >= 15 is 0 Å². The van der Waals surface area contributed by atoms with Crippen molar-refractivity contribution in [3.63, 3.8) is 0 Å². The first-order valence-electron chi connectivity index (χ1n) is 4.53. The van der Waals surface area contributed by atoms with Gasteiger partial charge in [0.05, 0.1) is 11.9 Å². The average Bonchev–Trinajstić information content (AvgIpc) is 2.32. The van der Waals surface area contributed by atoms with Gasteiger partial charge in [0.2, 0.25) is 0 Å². The molecule has 0 bridgehead atoms. The third kappa shape index (κ3) is 2.65. The van der Waals surface area contributed by atoms with Crippen LogP contribution in [0, 0.1) is 0 Å². The van der Waals surface area contributed by atoms with Crippen LogP contribution < -0.4 is 5.73 Å². The summed E-state index contributed by atoms with van der Waals surface area (Å²) in [5.41, 5.74) is 6.47. The highest BCUT2D eigenvalue weighted by Crippen LogP contribution is 2.30. The fraction of sp³-hybridized carbons (Fsp3) is 0.100. The highest BCUT2D eigenvalue weighted by atomic mass is 32.2. The lowest BCUT2D eigenvalue weighted by Gasteiger charge is -2.03. The van der Waals surface area contributed by atoms with Gasteiger partial charge in [-0.15, -0.1) is 11.8 Å². The topological polar surface area (TPSA) is 64.7 Å². The highest BCUT2D eigenvalue weighted by molar-refractivity contribution is 7.99. The highest BCUT2D eigenvalue weighted by Gasteiger charge is 2.03.